The molecule has 0 aliphatic carbocycles. The van der Waals surface area contributed by atoms with Crippen LogP contribution in [0.4, 0.5) is 18.3 Å². The van der Waals surface area contributed by atoms with E-state index in [2.05, 4.69) is 27.2 Å². The van der Waals surface area contributed by atoms with Crippen LogP contribution in [-0.4, -0.2) is 41.8 Å². The average Bonchev–Trinajstić information content (AvgIpc) is 3.17. The number of aromatic nitrogens is 2. The minimum atomic E-state index is -4.42. The monoisotopic (exact) mass is 356 g/mol. The van der Waals surface area contributed by atoms with Crippen LogP contribution < -0.4 is 4.90 Å². The first-order valence-electron chi connectivity index (χ1n) is 7.80. The number of hydrogen-bond acceptors (Lipinski definition) is 5. The molecule has 1 atom stereocenters. The molecule has 2 aromatic rings. The van der Waals surface area contributed by atoms with E-state index < -0.39 is 11.2 Å². The molecule has 0 radical (unpaired) electrons. The Balaban J connectivity index is 1.52. The number of halogens is 3. The zero-order valence-corrected chi connectivity index (χ0v) is 14.1. The topological polar surface area (TPSA) is 32.3 Å². The van der Waals surface area contributed by atoms with Gasteiger partial charge in [0.2, 0.25) is 10.1 Å². The number of alkyl halides is 3. The van der Waals surface area contributed by atoms with E-state index in [9.17, 15) is 13.2 Å². The number of hydrogen-bond donors (Lipinski definition) is 0. The Morgan fingerprint density at radius 3 is 2.67 bits per heavy atom. The van der Waals surface area contributed by atoms with E-state index in [1.54, 1.807) is 11.9 Å². The molecule has 1 aliphatic heterocycles. The highest BCUT2D eigenvalue weighted by atomic mass is 32.1. The van der Waals surface area contributed by atoms with E-state index in [1.807, 2.05) is 18.2 Å². The highest BCUT2D eigenvalue weighted by molar-refractivity contribution is 7.15. The van der Waals surface area contributed by atoms with Crippen LogP contribution in [0.5, 0.6) is 0 Å². The van der Waals surface area contributed by atoms with E-state index in [-0.39, 0.29) is 0 Å². The Hall–Kier alpha value is -1.67. The maximum absolute atomic E-state index is 12.6. The molecule has 1 unspecified atom stereocenters. The lowest BCUT2D eigenvalue weighted by Gasteiger charge is -2.20. The highest BCUT2D eigenvalue weighted by Crippen LogP contribution is 2.34. The van der Waals surface area contributed by atoms with Crippen LogP contribution >= 0.6 is 11.3 Å². The summed E-state index contributed by atoms with van der Waals surface area (Å²) in [4.78, 5) is 4.17. The van der Waals surface area contributed by atoms with Gasteiger partial charge in [0.25, 0.3) is 0 Å². The summed E-state index contributed by atoms with van der Waals surface area (Å²) < 4.78 is 37.8. The van der Waals surface area contributed by atoms with Crippen molar-refractivity contribution in [3.05, 3.63) is 40.9 Å². The van der Waals surface area contributed by atoms with Crippen LogP contribution in [0, 0.1) is 5.92 Å². The lowest BCUT2D eigenvalue weighted by Crippen LogP contribution is -2.28. The van der Waals surface area contributed by atoms with Gasteiger partial charge in [-0.05, 0) is 24.4 Å². The Kier molecular flexibility index (Phi) is 5.05. The van der Waals surface area contributed by atoms with Crippen molar-refractivity contribution in [1.29, 1.82) is 0 Å². The molecule has 0 amide bonds. The fourth-order valence-electron chi connectivity index (χ4n) is 3.00. The minimum Gasteiger partial charge on any atom is -0.349 e. The molecule has 0 N–H and O–H groups in total. The molecule has 1 aromatic heterocycles. The van der Waals surface area contributed by atoms with E-state index in [4.69, 9.17) is 0 Å². The predicted octanol–water partition coefficient (Wildman–Crippen LogP) is 3.52. The normalized spacial score (nSPS) is 18.9. The Morgan fingerprint density at radius 1 is 1.25 bits per heavy atom. The smallest absolute Gasteiger partial charge is 0.349 e. The number of rotatable bonds is 5. The van der Waals surface area contributed by atoms with E-state index in [0.717, 1.165) is 26.1 Å². The van der Waals surface area contributed by atoms with Crippen molar-refractivity contribution in [1.82, 2.24) is 15.1 Å². The summed E-state index contributed by atoms with van der Waals surface area (Å²) >= 11 is 0.600. The fourth-order valence-corrected chi connectivity index (χ4v) is 3.68. The minimum absolute atomic E-state index is 0.323. The Labute approximate surface area is 142 Å². The van der Waals surface area contributed by atoms with Gasteiger partial charge in [0.05, 0.1) is 0 Å². The molecule has 0 saturated carbocycles. The van der Waals surface area contributed by atoms with Crippen LogP contribution in [0.25, 0.3) is 0 Å². The zero-order valence-electron chi connectivity index (χ0n) is 13.3. The molecule has 130 valence electrons. The standard InChI is InChI=1S/C16H19F3N4S/c1-22(15-21-20-14(24-15)16(17,18)19)9-13-7-8-23(11-13)10-12-5-3-2-4-6-12/h2-6,13H,7-11H2,1H3. The van der Waals surface area contributed by atoms with Gasteiger partial charge in [-0.15, -0.1) is 10.2 Å². The van der Waals surface area contributed by atoms with Gasteiger partial charge in [0, 0.05) is 26.7 Å². The van der Waals surface area contributed by atoms with Crippen molar-refractivity contribution < 1.29 is 13.2 Å². The second kappa shape index (κ2) is 7.06. The highest BCUT2D eigenvalue weighted by Gasteiger charge is 2.36. The van der Waals surface area contributed by atoms with Crippen molar-refractivity contribution in [2.45, 2.75) is 19.1 Å². The number of nitrogens with zero attached hydrogens (tertiary/aromatic N) is 4. The first-order chi connectivity index (χ1) is 11.4. The van der Waals surface area contributed by atoms with E-state index in [1.165, 1.54) is 5.56 Å². The van der Waals surface area contributed by atoms with Crippen LogP contribution in [0.3, 0.4) is 0 Å². The summed E-state index contributed by atoms with van der Waals surface area (Å²) in [7, 11) is 1.78. The van der Waals surface area contributed by atoms with Crippen molar-refractivity contribution >= 4 is 16.5 Å². The third-order valence-electron chi connectivity index (χ3n) is 4.13. The third kappa shape index (κ3) is 4.24. The molecule has 0 bridgehead atoms. The second-order valence-corrected chi connectivity index (χ2v) is 7.10. The predicted molar refractivity (Wildman–Crippen MR) is 88.0 cm³/mol. The number of anilines is 1. The molecule has 1 saturated heterocycles. The average molecular weight is 356 g/mol. The summed E-state index contributed by atoms with van der Waals surface area (Å²) in [6.07, 6.45) is -3.38. The second-order valence-electron chi connectivity index (χ2n) is 6.14. The third-order valence-corrected chi connectivity index (χ3v) is 5.22. The lowest BCUT2D eigenvalue weighted by molar-refractivity contribution is -0.138. The molecule has 8 heteroatoms. The Morgan fingerprint density at radius 2 is 2.00 bits per heavy atom. The van der Waals surface area contributed by atoms with Gasteiger partial charge in [0.15, 0.2) is 0 Å². The van der Waals surface area contributed by atoms with Crippen LogP contribution in [0.15, 0.2) is 30.3 Å². The van der Waals surface area contributed by atoms with Gasteiger partial charge in [-0.3, -0.25) is 4.90 Å². The summed E-state index contributed by atoms with van der Waals surface area (Å²) in [6.45, 7) is 3.57. The van der Waals surface area contributed by atoms with Gasteiger partial charge in [-0.2, -0.15) is 13.2 Å². The largest absolute Gasteiger partial charge is 0.445 e. The summed E-state index contributed by atoms with van der Waals surface area (Å²) in [5.74, 6) is 0.428. The Bertz CT molecular complexity index is 659. The zero-order chi connectivity index (χ0) is 17.2. The van der Waals surface area contributed by atoms with Crippen LogP contribution in [-0.2, 0) is 12.7 Å². The van der Waals surface area contributed by atoms with E-state index >= 15 is 0 Å². The quantitative estimate of drug-likeness (QED) is 0.821. The molecule has 1 aromatic carbocycles. The molecule has 0 spiro atoms. The maximum atomic E-state index is 12.6. The molecule has 1 fully saturated rings. The van der Waals surface area contributed by atoms with Crippen molar-refractivity contribution in [2.75, 3.05) is 31.6 Å². The molecule has 4 nitrogen and oxygen atoms in total. The van der Waals surface area contributed by atoms with Crippen LogP contribution in [0.2, 0.25) is 0 Å². The first-order valence-corrected chi connectivity index (χ1v) is 8.61. The van der Waals surface area contributed by atoms with Gasteiger partial charge in [0.1, 0.15) is 0 Å². The summed E-state index contributed by atoms with van der Waals surface area (Å²) in [5.41, 5.74) is 1.28. The van der Waals surface area contributed by atoms with E-state index in [0.29, 0.717) is 28.9 Å². The number of likely N-dealkylation sites (tertiary alicyclic amines) is 1. The van der Waals surface area contributed by atoms with Gasteiger partial charge in [-0.1, -0.05) is 41.7 Å². The van der Waals surface area contributed by atoms with Gasteiger partial charge >= 0.3 is 6.18 Å². The lowest BCUT2D eigenvalue weighted by atomic mass is 10.1. The summed E-state index contributed by atoms with van der Waals surface area (Å²) in [6, 6.07) is 10.3. The molecule has 2 heterocycles. The first kappa shape index (κ1) is 17.2. The van der Waals surface area contributed by atoms with Crippen molar-refractivity contribution in [3.8, 4) is 0 Å². The van der Waals surface area contributed by atoms with Gasteiger partial charge < -0.3 is 4.90 Å². The fraction of sp³-hybridized carbons (Fsp3) is 0.500. The summed E-state index contributed by atoms with van der Waals surface area (Å²) in [5, 5.41) is 6.35. The SMILES string of the molecule is CN(CC1CCN(Cc2ccccc2)C1)c1nnc(C(F)(F)F)s1. The molecular weight excluding hydrogens is 337 g/mol. The van der Waals surface area contributed by atoms with Crippen LogP contribution in [0.1, 0.15) is 17.0 Å². The molecule has 24 heavy (non-hydrogen) atoms. The molecular formula is C16H19F3N4S. The number of benzene rings is 1. The molecule has 1 aliphatic rings. The molecule has 3 rings (SSSR count). The van der Waals surface area contributed by atoms with Gasteiger partial charge in [-0.25, -0.2) is 0 Å². The van der Waals surface area contributed by atoms with Crippen molar-refractivity contribution in [3.63, 3.8) is 0 Å². The van der Waals surface area contributed by atoms with Crippen molar-refractivity contribution in [2.24, 2.45) is 5.92 Å². The maximum Gasteiger partial charge on any atom is 0.445 e.